The number of aryl methyl sites for hydroxylation is 2. The summed E-state index contributed by atoms with van der Waals surface area (Å²) in [5, 5.41) is 3.72. The molecular formula is C19H23NO4. The summed E-state index contributed by atoms with van der Waals surface area (Å²) in [6.07, 6.45) is -0.883. The monoisotopic (exact) mass is 329 g/mol. The van der Waals surface area contributed by atoms with Gasteiger partial charge in [-0.3, -0.25) is 4.79 Å². The Kier molecular flexibility index (Phi) is 4.92. The van der Waals surface area contributed by atoms with Crippen molar-refractivity contribution in [2.45, 2.75) is 53.1 Å². The topological polar surface area (TPSA) is 69.4 Å². The van der Waals surface area contributed by atoms with E-state index in [0.29, 0.717) is 17.0 Å². The van der Waals surface area contributed by atoms with Gasteiger partial charge in [-0.25, -0.2) is 4.79 Å². The van der Waals surface area contributed by atoms with Crippen LogP contribution in [-0.4, -0.2) is 23.0 Å². The van der Waals surface area contributed by atoms with Crippen LogP contribution in [0.2, 0.25) is 0 Å². The van der Waals surface area contributed by atoms with Gasteiger partial charge in [0, 0.05) is 5.56 Å². The lowest BCUT2D eigenvalue weighted by atomic mass is 9.86. The van der Waals surface area contributed by atoms with Gasteiger partial charge in [0.2, 0.25) is 5.78 Å². The molecule has 5 nitrogen and oxygen atoms in total. The van der Waals surface area contributed by atoms with E-state index >= 15 is 0 Å². The molecule has 1 atom stereocenters. The number of nitrogens with zero attached hydrogens (tertiary/aromatic N) is 1. The van der Waals surface area contributed by atoms with Crippen LogP contribution >= 0.6 is 0 Å². The molecule has 0 radical (unpaired) electrons. The number of esters is 1. The van der Waals surface area contributed by atoms with Crippen LogP contribution in [0, 0.1) is 13.8 Å². The van der Waals surface area contributed by atoms with Crippen molar-refractivity contribution in [3.8, 4) is 0 Å². The number of hydrogen-bond acceptors (Lipinski definition) is 5. The van der Waals surface area contributed by atoms with Gasteiger partial charge < -0.3 is 9.26 Å². The summed E-state index contributed by atoms with van der Waals surface area (Å²) in [5.74, 6) is -0.458. The molecule has 0 amide bonds. The first-order valence-electron chi connectivity index (χ1n) is 7.90. The highest BCUT2D eigenvalue weighted by atomic mass is 16.5. The maximum atomic E-state index is 12.5. The average molecular weight is 329 g/mol. The first-order valence-corrected chi connectivity index (χ1v) is 7.90. The number of ether oxygens (including phenoxy) is 1. The molecule has 0 spiro atoms. The summed E-state index contributed by atoms with van der Waals surface area (Å²) < 4.78 is 10.2. The van der Waals surface area contributed by atoms with E-state index in [4.69, 9.17) is 9.26 Å². The van der Waals surface area contributed by atoms with Gasteiger partial charge in [0.25, 0.3) is 0 Å². The summed E-state index contributed by atoms with van der Waals surface area (Å²) in [4.78, 5) is 24.7. The third kappa shape index (κ3) is 3.72. The van der Waals surface area contributed by atoms with Crippen molar-refractivity contribution < 1.29 is 18.8 Å². The summed E-state index contributed by atoms with van der Waals surface area (Å²) in [6, 6.07) is 7.39. The Morgan fingerprint density at radius 1 is 1.12 bits per heavy atom. The van der Waals surface area contributed by atoms with Crippen LogP contribution in [0.15, 0.2) is 28.8 Å². The molecule has 0 saturated heterocycles. The third-order valence-electron chi connectivity index (χ3n) is 3.93. The smallest absolute Gasteiger partial charge is 0.344 e. The second kappa shape index (κ2) is 6.59. The number of Topliss-reactive ketones (excluding diaryl/α,β-unsaturated/α-hetero) is 1. The molecule has 0 fully saturated rings. The van der Waals surface area contributed by atoms with Crippen LogP contribution in [0.3, 0.4) is 0 Å². The normalized spacial score (nSPS) is 12.8. The number of hydrogen-bond donors (Lipinski definition) is 0. The molecule has 1 aromatic carbocycles. The molecule has 0 aliphatic rings. The predicted octanol–water partition coefficient (Wildman–Crippen LogP) is 4.02. The van der Waals surface area contributed by atoms with Gasteiger partial charge >= 0.3 is 5.97 Å². The lowest BCUT2D eigenvalue weighted by Gasteiger charge is -2.19. The van der Waals surface area contributed by atoms with Crippen molar-refractivity contribution in [1.82, 2.24) is 5.16 Å². The molecule has 0 aliphatic carbocycles. The molecule has 5 heteroatoms. The van der Waals surface area contributed by atoms with E-state index in [1.165, 1.54) is 0 Å². The minimum atomic E-state index is -0.883. The standard InChI is InChI=1S/C19H23NO4/c1-11-16(12(2)24-20-11)18(22)23-13(3)17(21)14-7-9-15(10-8-14)19(4,5)6/h7-10,13H,1-6H3/t13-/m0/s1. The molecule has 0 saturated carbocycles. The Labute approximate surface area is 142 Å². The Balaban J connectivity index is 2.11. The Hall–Kier alpha value is -2.43. The lowest BCUT2D eigenvalue weighted by Crippen LogP contribution is -2.25. The average Bonchev–Trinajstić information content (AvgIpc) is 2.84. The van der Waals surface area contributed by atoms with E-state index in [2.05, 4.69) is 25.9 Å². The van der Waals surface area contributed by atoms with Gasteiger partial charge in [-0.2, -0.15) is 0 Å². The molecule has 2 rings (SSSR count). The molecule has 0 bridgehead atoms. The van der Waals surface area contributed by atoms with E-state index in [-0.39, 0.29) is 16.8 Å². The maximum Gasteiger partial charge on any atom is 0.344 e. The van der Waals surface area contributed by atoms with Crippen LogP contribution in [-0.2, 0) is 10.2 Å². The number of carbonyl (C=O) groups is 2. The zero-order chi connectivity index (χ0) is 18.1. The zero-order valence-corrected chi connectivity index (χ0v) is 15.0. The van der Waals surface area contributed by atoms with Crippen LogP contribution in [0.4, 0.5) is 0 Å². The van der Waals surface area contributed by atoms with Gasteiger partial charge in [-0.15, -0.1) is 0 Å². The van der Waals surface area contributed by atoms with E-state index in [1.54, 1.807) is 32.9 Å². The molecule has 0 unspecified atom stereocenters. The van der Waals surface area contributed by atoms with Crippen molar-refractivity contribution in [3.05, 3.63) is 52.4 Å². The first kappa shape index (κ1) is 17.9. The van der Waals surface area contributed by atoms with Crippen LogP contribution in [0.25, 0.3) is 0 Å². The highest BCUT2D eigenvalue weighted by Gasteiger charge is 2.25. The molecule has 0 aliphatic heterocycles. The summed E-state index contributed by atoms with van der Waals surface area (Å²) in [5.41, 5.74) is 2.40. The van der Waals surface area contributed by atoms with Crippen LogP contribution < -0.4 is 0 Å². The van der Waals surface area contributed by atoms with Crippen molar-refractivity contribution in [1.29, 1.82) is 0 Å². The van der Waals surface area contributed by atoms with E-state index in [9.17, 15) is 9.59 Å². The second-order valence-corrected chi connectivity index (χ2v) is 6.94. The van der Waals surface area contributed by atoms with Crippen LogP contribution in [0.1, 0.15) is 65.4 Å². The zero-order valence-electron chi connectivity index (χ0n) is 15.0. The second-order valence-electron chi connectivity index (χ2n) is 6.94. The predicted molar refractivity (Wildman–Crippen MR) is 90.3 cm³/mol. The van der Waals surface area contributed by atoms with Gasteiger partial charge in [0.1, 0.15) is 11.3 Å². The summed E-state index contributed by atoms with van der Waals surface area (Å²) in [6.45, 7) is 11.2. The fraction of sp³-hybridized carbons (Fsp3) is 0.421. The molecule has 1 aromatic heterocycles. The summed E-state index contributed by atoms with van der Waals surface area (Å²) >= 11 is 0. The van der Waals surface area contributed by atoms with E-state index in [1.807, 2.05) is 12.1 Å². The molecule has 0 N–H and O–H groups in total. The number of benzene rings is 1. The van der Waals surface area contributed by atoms with Gasteiger partial charge in [0.05, 0.1) is 5.69 Å². The number of ketones is 1. The van der Waals surface area contributed by atoms with Crippen molar-refractivity contribution in [2.24, 2.45) is 0 Å². The fourth-order valence-corrected chi connectivity index (χ4v) is 2.42. The SMILES string of the molecule is Cc1noc(C)c1C(=O)O[C@@H](C)C(=O)c1ccc(C(C)(C)C)cc1. The highest BCUT2D eigenvalue weighted by molar-refractivity contribution is 6.01. The lowest BCUT2D eigenvalue weighted by molar-refractivity contribution is 0.0316. The van der Waals surface area contributed by atoms with Crippen molar-refractivity contribution in [2.75, 3.05) is 0 Å². The molecule has 24 heavy (non-hydrogen) atoms. The van der Waals surface area contributed by atoms with Crippen molar-refractivity contribution in [3.63, 3.8) is 0 Å². The fourth-order valence-electron chi connectivity index (χ4n) is 2.42. The van der Waals surface area contributed by atoms with Gasteiger partial charge in [-0.05, 0) is 31.7 Å². The minimum absolute atomic E-state index is 0.0169. The van der Waals surface area contributed by atoms with E-state index in [0.717, 1.165) is 5.56 Å². The molecule has 1 heterocycles. The minimum Gasteiger partial charge on any atom is -0.451 e. The number of rotatable bonds is 4. The Morgan fingerprint density at radius 2 is 1.71 bits per heavy atom. The molecule has 2 aromatic rings. The highest BCUT2D eigenvalue weighted by Crippen LogP contribution is 2.23. The Morgan fingerprint density at radius 3 is 2.17 bits per heavy atom. The first-order chi connectivity index (χ1) is 11.1. The van der Waals surface area contributed by atoms with Crippen molar-refractivity contribution >= 4 is 11.8 Å². The quantitative estimate of drug-likeness (QED) is 0.626. The van der Waals surface area contributed by atoms with Crippen LogP contribution in [0.5, 0.6) is 0 Å². The number of aromatic nitrogens is 1. The molecular weight excluding hydrogens is 306 g/mol. The van der Waals surface area contributed by atoms with E-state index < -0.39 is 12.1 Å². The third-order valence-corrected chi connectivity index (χ3v) is 3.93. The summed E-state index contributed by atoms with van der Waals surface area (Å²) in [7, 11) is 0. The molecule has 128 valence electrons. The maximum absolute atomic E-state index is 12.5. The number of carbonyl (C=O) groups excluding carboxylic acids is 2. The van der Waals surface area contributed by atoms with Gasteiger partial charge in [-0.1, -0.05) is 50.2 Å². The van der Waals surface area contributed by atoms with Gasteiger partial charge in [0.15, 0.2) is 6.10 Å². The Bertz CT molecular complexity index is 731. The largest absolute Gasteiger partial charge is 0.451 e.